The van der Waals surface area contributed by atoms with Crippen LogP contribution in [0, 0.1) is 6.92 Å². The smallest absolute Gasteiger partial charge is 0.340 e. The van der Waals surface area contributed by atoms with Crippen LogP contribution in [0.15, 0.2) is 6.07 Å². The summed E-state index contributed by atoms with van der Waals surface area (Å²) in [6, 6.07) is 1.96. The first kappa shape index (κ1) is 18.8. The number of hydrogen-bond donors (Lipinski definition) is 2. The Morgan fingerprint density at radius 1 is 1.38 bits per heavy atom. The summed E-state index contributed by atoms with van der Waals surface area (Å²) >= 11 is 0. The lowest BCUT2D eigenvalue weighted by Gasteiger charge is -2.37. The largest absolute Gasteiger partial charge is 0.462 e. The van der Waals surface area contributed by atoms with E-state index in [9.17, 15) is 4.79 Å². The van der Waals surface area contributed by atoms with Crippen LogP contribution in [0.2, 0.25) is 0 Å². The molecule has 0 aliphatic carbocycles. The fourth-order valence-corrected chi connectivity index (χ4v) is 2.91. The molecule has 0 radical (unpaired) electrons. The van der Waals surface area contributed by atoms with Crippen LogP contribution in [-0.4, -0.2) is 49.4 Å². The summed E-state index contributed by atoms with van der Waals surface area (Å²) in [6.07, 6.45) is 3.80. The summed E-state index contributed by atoms with van der Waals surface area (Å²) in [7, 11) is 0. The molecule has 2 unspecified atom stereocenters. The van der Waals surface area contributed by atoms with Crippen LogP contribution in [0.3, 0.4) is 0 Å². The first-order valence-electron chi connectivity index (χ1n) is 9.05. The average Bonchev–Trinajstić information content (AvgIpc) is 2.96. The summed E-state index contributed by atoms with van der Waals surface area (Å²) in [5.74, 6) is 0.683. The summed E-state index contributed by atoms with van der Waals surface area (Å²) in [4.78, 5) is 17.7. The maximum Gasteiger partial charge on any atom is 0.340 e. The first-order valence-corrected chi connectivity index (χ1v) is 9.05. The number of unbranched alkanes of at least 4 members (excludes halogenated alkanes) is 1. The second kappa shape index (κ2) is 9.08. The standard InChI is InChI=1S/C18H31N3O3/c1-4-6-10-24-18(22)14-11-17(20-13(14)3)21-8-7-15(19)16(12-21)23-9-5-2/h11,15-16,20H,4-10,12,19H2,1-3H3. The molecule has 1 aliphatic heterocycles. The number of nitrogens with zero attached hydrogens (tertiary/aromatic N) is 1. The van der Waals surface area contributed by atoms with Gasteiger partial charge in [0.05, 0.1) is 18.3 Å². The van der Waals surface area contributed by atoms with E-state index >= 15 is 0 Å². The maximum absolute atomic E-state index is 12.2. The zero-order valence-corrected chi connectivity index (χ0v) is 15.1. The third-order valence-corrected chi connectivity index (χ3v) is 4.44. The zero-order chi connectivity index (χ0) is 17.5. The number of anilines is 1. The van der Waals surface area contributed by atoms with E-state index in [-0.39, 0.29) is 18.1 Å². The lowest BCUT2D eigenvalue weighted by Crippen LogP contribution is -2.52. The highest BCUT2D eigenvalue weighted by Gasteiger charge is 2.29. The molecule has 0 bridgehead atoms. The predicted octanol–water partition coefficient (Wildman–Crippen LogP) is 2.61. The van der Waals surface area contributed by atoms with Crippen molar-refractivity contribution in [2.45, 2.75) is 58.6 Å². The molecule has 2 rings (SSSR count). The zero-order valence-electron chi connectivity index (χ0n) is 15.1. The lowest BCUT2D eigenvalue weighted by atomic mass is 10.0. The molecule has 1 aliphatic rings. The van der Waals surface area contributed by atoms with Gasteiger partial charge in [0.1, 0.15) is 5.82 Å². The molecule has 1 aromatic heterocycles. The number of ether oxygens (including phenoxy) is 2. The van der Waals surface area contributed by atoms with Gasteiger partial charge in [-0.05, 0) is 32.3 Å². The van der Waals surface area contributed by atoms with Crippen molar-refractivity contribution in [3.8, 4) is 0 Å². The van der Waals surface area contributed by atoms with E-state index in [0.717, 1.165) is 56.9 Å². The lowest BCUT2D eigenvalue weighted by molar-refractivity contribution is 0.0308. The molecule has 2 atom stereocenters. The van der Waals surface area contributed by atoms with Gasteiger partial charge in [0.2, 0.25) is 0 Å². The monoisotopic (exact) mass is 337 g/mol. The van der Waals surface area contributed by atoms with Crippen LogP contribution in [0.25, 0.3) is 0 Å². The fraction of sp³-hybridized carbons (Fsp3) is 0.722. The van der Waals surface area contributed by atoms with E-state index in [1.54, 1.807) is 0 Å². The van der Waals surface area contributed by atoms with Gasteiger partial charge < -0.3 is 25.1 Å². The Morgan fingerprint density at radius 3 is 2.88 bits per heavy atom. The van der Waals surface area contributed by atoms with Crippen molar-refractivity contribution in [1.29, 1.82) is 0 Å². The number of hydrogen-bond acceptors (Lipinski definition) is 5. The Hall–Kier alpha value is -1.53. The number of aromatic nitrogens is 1. The molecule has 6 heteroatoms. The summed E-state index contributed by atoms with van der Waals surface area (Å²) in [5.41, 5.74) is 7.63. The van der Waals surface area contributed by atoms with Crippen LogP contribution in [0.5, 0.6) is 0 Å². The molecule has 0 saturated carbocycles. The van der Waals surface area contributed by atoms with Crippen molar-refractivity contribution in [2.75, 3.05) is 31.2 Å². The van der Waals surface area contributed by atoms with Gasteiger partial charge in [-0.25, -0.2) is 4.79 Å². The number of rotatable bonds is 8. The minimum absolute atomic E-state index is 0.0299. The van der Waals surface area contributed by atoms with Crippen molar-refractivity contribution in [1.82, 2.24) is 4.98 Å². The second-order valence-electron chi connectivity index (χ2n) is 6.49. The van der Waals surface area contributed by atoms with Crippen molar-refractivity contribution >= 4 is 11.8 Å². The number of nitrogens with one attached hydrogen (secondary N) is 1. The molecule has 1 saturated heterocycles. The predicted molar refractivity (Wildman–Crippen MR) is 95.6 cm³/mol. The van der Waals surface area contributed by atoms with Crippen molar-refractivity contribution in [3.05, 3.63) is 17.3 Å². The third kappa shape index (κ3) is 4.74. The number of aryl methyl sites for hydroxylation is 1. The van der Waals surface area contributed by atoms with E-state index in [1.165, 1.54) is 0 Å². The highest BCUT2D eigenvalue weighted by Crippen LogP contribution is 2.24. The van der Waals surface area contributed by atoms with E-state index in [1.807, 2.05) is 13.0 Å². The molecule has 2 heterocycles. The molecular formula is C18H31N3O3. The van der Waals surface area contributed by atoms with Gasteiger partial charge in [-0.1, -0.05) is 20.3 Å². The minimum Gasteiger partial charge on any atom is -0.462 e. The molecule has 0 spiro atoms. The number of aromatic amines is 1. The Bertz CT molecular complexity index is 530. The second-order valence-corrected chi connectivity index (χ2v) is 6.49. The Kier molecular flexibility index (Phi) is 7.12. The highest BCUT2D eigenvalue weighted by atomic mass is 16.5. The van der Waals surface area contributed by atoms with Crippen LogP contribution in [-0.2, 0) is 9.47 Å². The Balaban J connectivity index is 2.01. The Labute approximate surface area is 144 Å². The quantitative estimate of drug-likeness (QED) is 0.563. The first-order chi connectivity index (χ1) is 11.6. The molecule has 1 aromatic rings. The Morgan fingerprint density at radius 2 is 2.17 bits per heavy atom. The number of nitrogens with two attached hydrogens (primary N) is 1. The van der Waals surface area contributed by atoms with Gasteiger partial charge >= 0.3 is 5.97 Å². The third-order valence-electron chi connectivity index (χ3n) is 4.44. The van der Waals surface area contributed by atoms with Crippen LogP contribution >= 0.6 is 0 Å². The fourth-order valence-electron chi connectivity index (χ4n) is 2.91. The van der Waals surface area contributed by atoms with Crippen molar-refractivity contribution in [2.24, 2.45) is 5.73 Å². The molecule has 0 amide bonds. The summed E-state index contributed by atoms with van der Waals surface area (Å²) in [6.45, 7) is 8.87. The van der Waals surface area contributed by atoms with Gasteiger partial charge in [0.25, 0.3) is 0 Å². The number of carbonyl (C=O) groups excluding carboxylic acids is 1. The van der Waals surface area contributed by atoms with E-state index < -0.39 is 0 Å². The van der Waals surface area contributed by atoms with Gasteiger partial charge in [0, 0.05) is 31.4 Å². The van der Waals surface area contributed by atoms with Crippen molar-refractivity contribution in [3.63, 3.8) is 0 Å². The highest BCUT2D eigenvalue weighted by molar-refractivity contribution is 5.92. The van der Waals surface area contributed by atoms with Gasteiger partial charge in [-0.3, -0.25) is 0 Å². The van der Waals surface area contributed by atoms with E-state index in [2.05, 4.69) is 23.7 Å². The molecule has 136 valence electrons. The molecule has 24 heavy (non-hydrogen) atoms. The van der Waals surface area contributed by atoms with Crippen LogP contribution in [0.4, 0.5) is 5.82 Å². The topological polar surface area (TPSA) is 80.6 Å². The maximum atomic E-state index is 12.2. The molecule has 0 aromatic carbocycles. The van der Waals surface area contributed by atoms with Crippen LogP contribution in [0.1, 0.15) is 55.6 Å². The van der Waals surface area contributed by atoms with Gasteiger partial charge in [-0.15, -0.1) is 0 Å². The van der Waals surface area contributed by atoms with E-state index in [4.69, 9.17) is 15.2 Å². The molecular weight excluding hydrogens is 306 g/mol. The van der Waals surface area contributed by atoms with E-state index in [0.29, 0.717) is 12.2 Å². The van der Waals surface area contributed by atoms with Gasteiger partial charge in [0.15, 0.2) is 0 Å². The molecule has 1 fully saturated rings. The summed E-state index contributed by atoms with van der Waals surface area (Å²) < 4.78 is 11.2. The minimum atomic E-state index is -0.254. The number of esters is 1. The SMILES string of the molecule is CCCCOC(=O)c1cc(N2CCC(N)C(OCCC)C2)[nH]c1C. The molecule has 6 nitrogen and oxygen atoms in total. The van der Waals surface area contributed by atoms with Gasteiger partial charge in [-0.2, -0.15) is 0 Å². The van der Waals surface area contributed by atoms with Crippen molar-refractivity contribution < 1.29 is 14.3 Å². The van der Waals surface area contributed by atoms with Crippen LogP contribution < -0.4 is 10.6 Å². The normalized spacial score (nSPS) is 21.1. The summed E-state index contributed by atoms with van der Waals surface area (Å²) in [5, 5.41) is 0. The molecule has 3 N–H and O–H groups in total. The average molecular weight is 337 g/mol. The number of carbonyl (C=O) groups is 1. The number of piperidine rings is 1. The number of H-pyrrole nitrogens is 1.